The number of rotatable bonds is 3. The summed E-state index contributed by atoms with van der Waals surface area (Å²) in [5, 5.41) is 0. The molecule has 5 heteroatoms. The summed E-state index contributed by atoms with van der Waals surface area (Å²) in [6.45, 7) is 3.49. The summed E-state index contributed by atoms with van der Waals surface area (Å²) in [6, 6.07) is 3.51. The molecule has 3 rings (SSSR count). The molecule has 0 spiro atoms. The fourth-order valence-electron chi connectivity index (χ4n) is 3.52. The van der Waals surface area contributed by atoms with E-state index in [0.717, 1.165) is 22.4 Å². The van der Waals surface area contributed by atoms with Crippen LogP contribution in [0.25, 0.3) is 5.57 Å². The molecule has 116 valence electrons. The smallest absolute Gasteiger partial charge is 0.227 e. The van der Waals surface area contributed by atoms with Crippen LogP contribution in [0.2, 0.25) is 0 Å². The third kappa shape index (κ3) is 1.92. The second-order valence-electron chi connectivity index (χ2n) is 5.64. The topological polar surface area (TPSA) is 55.8 Å². The van der Waals surface area contributed by atoms with Crippen LogP contribution in [0, 0.1) is 0 Å². The average Bonchev–Trinajstić information content (AvgIpc) is 2.87. The van der Waals surface area contributed by atoms with E-state index >= 15 is 0 Å². The maximum atomic E-state index is 12.3. The molecule has 0 bridgehead atoms. The predicted molar refractivity (Wildman–Crippen MR) is 83.3 cm³/mol. The first-order valence-electron chi connectivity index (χ1n) is 7.29. The molecule has 2 aliphatic rings. The van der Waals surface area contributed by atoms with Crippen LogP contribution in [0.4, 0.5) is 5.69 Å². The molecule has 1 saturated heterocycles. The molecule has 0 aliphatic carbocycles. The standard InChI is InChI=1S/C17H19NO4/c1-9-11-7-14(21-3)15(22-4)8-13(11)18-12(5-6-16(18)20)17(9)10(2)19/h7-8,12H,5-6H2,1-4H3. The lowest BCUT2D eigenvalue weighted by molar-refractivity contribution is -0.117. The van der Waals surface area contributed by atoms with Crippen LogP contribution < -0.4 is 14.4 Å². The number of nitrogens with zero attached hydrogens (tertiary/aromatic N) is 1. The fourth-order valence-corrected chi connectivity index (χ4v) is 3.52. The van der Waals surface area contributed by atoms with Crippen molar-refractivity contribution in [2.24, 2.45) is 0 Å². The average molecular weight is 301 g/mol. The quantitative estimate of drug-likeness (QED) is 0.861. The van der Waals surface area contributed by atoms with Gasteiger partial charge in [0, 0.05) is 23.6 Å². The Labute approximate surface area is 129 Å². The Hall–Kier alpha value is -2.30. The van der Waals surface area contributed by atoms with Gasteiger partial charge in [-0.25, -0.2) is 0 Å². The monoisotopic (exact) mass is 301 g/mol. The van der Waals surface area contributed by atoms with E-state index in [2.05, 4.69) is 0 Å². The first-order valence-corrected chi connectivity index (χ1v) is 7.29. The highest BCUT2D eigenvalue weighted by atomic mass is 16.5. The van der Waals surface area contributed by atoms with Crippen molar-refractivity contribution in [3.05, 3.63) is 23.3 Å². The fraction of sp³-hybridized carbons (Fsp3) is 0.412. The van der Waals surface area contributed by atoms with E-state index in [1.54, 1.807) is 26.0 Å². The van der Waals surface area contributed by atoms with Gasteiger partial charge in [-0.3, -0.25) is 9.59 Å². The summed E-state index contributed by atoms with van der Waals surface area (Å²) in [4.78, 5) is 26.2. The normalized spacial score (nSPS) is 19.9. The first kappa shape index (κ1) is 14.6. The number of allylic oxidation sites excluding steroid dienone is 1. The molecule has 0 radical (unpaired) electrons. The Morgan fingerprint density at radius 1 is 1.23 bits per heavy atom. The second-order valence-corrected chi connectivity index (χ2v) is 5.64. The van der Waals surface area contributed by atoms with E-state index in [9.17, 15) is 9.59 Å². The van der Waals surface area contributed by atoms with Crippen LogP contribution in [-0.2, 0) is 9.59 Å². The molecule has 2 aliphatic heterocycles. The van der Waals surface area contributed by atoms with Crippen LogP contribution in [-0.4, -0.2) is 32.0 Å². The van der Waals surface area contributed by atoms with Crippen molar-refractivity contribution < 1.29 is 19.1 Å². The number of methoxy groups -OCH3 is 2. The molecule has 1 fully saturated rings. The van der Waals surface area contributed by atoms with Crippen LogP contribution in [0.1, 0.15) is 32.3 Å². The minimum absolute atomic E-state index is 0.0163. The lowest BCUT2D eigenvalue weighted by Crippen LogP contribution is -2.39. The maximum absolute atomic E-state index is 12.3. The van der Waals surface area contributed by atoms with Gasteiger partial charge in [0.15, 0.2) is 17.3 Å². The zero-order valence-corrected chi connectivity index (χ0v) is 13.2. The van der Waals surface area contributed by atoms with E-state index in [-0.39, 0.29) is 17.7 Å². The van der Waals surface area contributed by atoms with E-state index in [0.29, 0.717) is 24.3 Å². The van der Waals surface area contributed by atoms with Crippen molar-refractivity contribution in [1.29, 1.82) is 0 Å². The van der Waals surface area contributed by atoms with E-state index in [4.69, 9.17) is 9.47 Å². The summed E-state index contributed by atoms with van der Waals surface area (Å²) >= 11 is 0. The molecular weight excluding hydrogens is 282 g/mol. The van der Waals surface area contributed by atoms with Gasteiger partial charge in [-0.2, -0.15) is 0 Å². The zero-order valence-electron chi connectivity index (χ0n) is 13.2. The van der Waals surface area contributed by atoms with Crippen molar-refractivity contribution in [3.8, 4) is 11.5 Å². The van der Waals surface area contributed by atoms with Crippen molar-refractivity contribution in [2.45, 2.75) is 32.7 Å². The van der Waals surface area contributed by atoms with Crippen molar-refractivity contribution >= 4 is 23.0 Å². The van der Waals surface area contributed by atoms with Crippen LogP contribution in [0.15, 0.2) is 17.7 Å². The summed E-state index contributed by atoms with van der Waals surface area (Å²) in [7, 11) is 3.14. The number of fused-ring (bicyclic) bond motifs is 3. The largest absolute Gasteiger partial charge is 0.493 e. The molecule has 1 atom stereocenters. The molecule has 0 N–H and O–H groups in total. The Bertz CT molecular complexity index is 705. The van der Waals surface area contributed by atoms with Crippen molar-refractivity contribution in [3.63, 3.8) is 0 Å². The Morgan fingerprint density at radius 2 is 1.86 bits per heavy atom. The van der Waals surface area contributed by atoms with Gasteiger partial charge in [0.1, 0.15) is 0 Å². The Balaban J connectivity index is 2.30. The number of amides is 1. The molecule has 2 heterocycles. The number of carbonyl (C=O) groups is 2. The van der Waals surface area contributed by atoms with Crippen LogP contribution in [0.5, 0.6) is 11.5 Å². The summed E-state index contributed by atoms with van der Waals surface area (Å²) in [5.74, 6) is 1.24. The minimum Gasteiger partial charge on any atom is -0.493 e. The molecule has 1 aromatic carbocycles. The SMILES string of the molecule is COc1cc2c(cc1OC)N1C(=O)CCC1C(C(C)=O)=C2C. The van der Waals surface area contributed by atoms with Gasteiger partial charge in [0.25, 0.3) is 0 Å². The molecule has 1 aromatic rings. The third-order valence-electron chi connectivity index (χ3n) is 4.49. The Morgan fingerprint density at radius 3 is 2.45 bits per heavy atom. The second kappa shape index (κ2) is 5.16. The third-order valence-corrected chi connectivity index (χ3v) is 4.49. The molecule has 0 saturated carbocycles. The molecule has 5 nitrogen and oxygen atoms in total. The molecular formula is C17H19NO4. The highest BCUT2D eigenvalue weighted by Gasteiger charge is 2.41. The zero-order chi connectivity index (χ0) is 16.0. The van der Waals surface area contributed by atoms with Gasteiger partial charge < -0.3 is 14.4 Å². The lowest BCUT2D eigenvalue weighted by atomic mass is 9.87. The number of benzene rings is 1. The van der Waals surface area contributed by atoms with Gasteiger partial charge in [-0.15, -0.1) is 0 Å². The number of hydrogen-bond acceptors (Lipinski definition) is 4. The highest BCUT2D eigenvalue weighted by molar-refractivity contribution is 6.11. The predicted octanol–water partition coefficient (Wildman–Crippen LogP) is 2.58. The number of anilines is 1. The van der Waals surface area contributed by atoms with Crippen LogP contribution >= 0.6 is 0 Å². The number of Topliss-reactive ketones (excluding diaryl/α,β-unsaturated/α-hetero) is 1. The van der Waals surface area contributed by atoms with Crippen molar-refractivity contribution in [1.82, 2.24) is 0 Å². The minimum atomic E-state index is -0.157. The highest BCUT2D eigenvalue weighted by Crippen LogP contribution is 2.47. The molecule has 1 amide bonds. The van der Waals surface area contributed by atoms with Gasteiger partial charge in [0.2, 0.25) is 5.91 Å². The first-order chi connectivity index (χ1) is 10.5. The summed E-state index contributed by atoms with van der Waals surface area (Å²) < 4.78 is 10.7. The van der Waals surface area contributed by atoms with E-state index < -0.39 is 0 Å². The van der Waals surface area contributed by atoms with Gasteiger partial charge in [0.05, 0.1) is 25.9 Å². The van der Waals surface area contributed by atoms with Gasteiger partial charge in [-0.1, -0.05) is 0 Å². The van der Waals surface area contributed by atoms with Gasteiger partial charge >= 0.3 is 0 Å². The lowest BCUT2D eigenvalue weighted by Gasteiger charge is -2.34. The number of carbonyl (C=O) groups excluding carboxylic acids is 2. The van der Waals surface area contributed by atoms with E-state index in [1.807, 2.05) is 19.1 Å². The summed E-state index contributed by atoms with van der Waals surface area (Å²) in [6.07, 6.45) is 1.14. The van der Waals surface area contributed by atoms with E-state index in [1.165, 1.54) is 0 Å². The molecule has 0 aromatic heterocycles. The number of hydrogen-bond donors (Lipinski definition) is 0. The Kier molecular flexibility index (Phi) is 3.43. The summed E-state index contributed by atoms with van der Waals surface area (Å²) in [5.41, 5.74) is 3.30. The maximum Gasteiger partial charge on any atom is 0.227 e. The molecule has 1 unspecified atom stereocenters. The van der Waals surface area contributed by atoms with Crippen LogP contribution in [0.3, 0.4) is 0 Å². The molecule has 22 heavy (non-hydrogen) atoms. The van der Waals surface area contributed by atoms with Crippen molar-refractivity contribution in [2.75, 3.05) is 19.1 Å². The van der Waals surface area contributed by atoms with Gasteiger partial charge in [-0.05, 0) is 31.9 Å². The number of ketones is 1. The number of ether oxygens (including phenoxy) is 2.